The van der Waals surface area contributed by atoms with E-state index in [1.807, 2.05) is 0 Å². The number of anilines is 1. The molecule has 26 heavy (non-hydrogen) atoms. The van der Waals surface area contributed by atoms with E-state index in [0.717, 1.165) is 4.47 Å². The first-order valence-electron chi connectivity index (χ1n) is 7.86. The standard InChI is InChI=1S/C19H18BrNO5/c1-25-16-8-6-15(7-9-16)21-18(23)10-11-19(24)26-12-17(22)13-2-4-14(20)5-3-13/h2-9H,10-12H2,1H3,(H,21,23). The molecule has 0 aromatic heterocycles. The van der Waals surface area contributed by atoms with Gasteiger partial charge in [-0.3, -0.25) is 14.4 Å². The van der Waals surface area contributed by atoms with Crippen molar-refractivity contribution in [3.63, 3.8) is 0 Å². The molecule has 0 aliphatic heterocycles. The Morgan fingerprint density at radius 2 is 1.62 bits per heavy atom. The average Bonchev–Trinajstić information content (AvgIpc) is 2.65. The number of nitrogens with one attached hydrogen (secondary N) is 1. The summed E-state index contributed by atoms with van der Waals surface area (Å²) in [6.45, 7) is -0.347. The Kier molecular flexibility index (Phi) is 7.35. The molecular formula is C19H18BrNO5. The van der Waals surface area contributed by atoms with Crippen LogP contribution >= 0.6 is 15.9 Å². The summed E-state index contributed by atoms with van der Waals surface area (Å²) in [6, 6.07) is 13.6. The van der Waals surface area contributed by atoms with Crippen molar-refractivity contribution in [3.8, 4) is 5.75 Å². The predicted octanol–water partition coefficient (Wildman–Crippen LogP) is 3.60. The molecule has 2 rings (SSSR count). The Labute approximate surface area is 159 Å². The van der Waals surface area contributed by atoms with E-state index in [9.17, 15) is 14.4 Å². The number of ketones is 1. The first-order chi connectivity index (χ1) is 12.5. The van der Waals surface area contributed by atoms with Gasteiger partial charge in [-0.2, -0.15) is 0 Å². The molecule has 7 heteroatoms. The summed E-state index contributed by atoms with van der Waals surface area (Å²) in [6.07, 6.45) is -0.132. The number of hydrogen-bond donors (Lipinski definition) is 1. The number of carbonyl (C=O) groups excluding carboxylic acids is 3. The van der Waals surface area contributed by atoms with Gasteiger partial charge in [0.05, 0.1) is 13.5 Å². The van der Waals surface area contributed by atoms with E-state index in [1.165, 1.54) is 0 Å². The average molecular weight is 420 g/mol. The fourth-order valence-electron chi connectivity index (χ4n) is 2.05. The van der Waals surface area contributed by atoms with Crippen molar-refractivity contribution in [2.45, 2.75) is 12.8 Å². The maximum absolute atomic E-state index is 11.9. The van der Waals surface area contributed by atoms with Gasteiger partial charge in [0.25, 0.3) is 0 Å². The van der Waals surface area contributed by atoms with Gasteiger partial charge in [0, 0.05) is 22.1 Å². The number of esters is 1. The van der Waals surface area contributed by atoms with Gasteiger partial charge in [0.15, 0.2) is 12.4 Å². The molecule has 0 bridgehead atoms. The number of amides is 1. The molecule has 0 saturated carbocycles. The highest BCUT2D eigenvalue weighted by Crippen LogP contribution is 2.15. The molecule has 0 unspecified atom stereocenters. The fourth-order valence-corrected chi connectivity index (χ4v) is 2.32. The second kappa shape index (κ2) is 9.72. The zero-order valence-electron chi connectivity index (χ0n) is 14.2. The number of hydrogen-bond acceptors (Lipinski definition) is 5. The second-order valence-corrected chi connectivity index (χ2v) is 6.28. The number of carbonyl (C=O) groups is 3. The van der Waals surface area contributed by atoms with Gasteiger partial charge in [-0.25, -0.2) is 0 Å². The van der Waals surface area contributed by atoms with Gasteiger partial charge in [-0.05, 0) is 36.4 Å². The molecule has 0 saturated heterocycles. The van der Waals surface area contributed by atoms with Crippen LogP contribution < -0.4 is 10.1 Å². The molecule has 0 atom stereocenters. The molecule has 0 heterocycles. The van der Waals surface area contributed by atoms with Crippen LogP contribution in [0.4, 0.5) is 5.69 Å². The van der Waals surface area contributed by atoms with Crippen LogP contribution in [0.5, 0.6) is 5.75 Å². The molecule has 6 nitrogen and oxygen atoms in total. The number of Topliss-reactive ketones (excluding diaryl/α,β-unsaturated/α-hetero) is 1. The third-order valence-electron chi connectivity index (χ3n) is 3.46. The smallest absolute Gasteiger partial charge is 0.306 e. The van der Waals surface area contributed by atoms with E-state index in [2.05, 4.69) is 21.2 Å². The predicted molar refractivity (Wildman–Crippen MR) is 100 cm³/mol. The summed E-state index contributed by atoms with van der Waals surface area (Å²) in [5.74, 6) is -0.526. The first-order valence-corrected chi connectivity index (χ1v) is 8.65. The van der Waals surface area contributed by atoms with Crippen LogP contribution in [0.25, 0.3) is 0 Å². The maximum atomic E-state index is 11.9. The lowest BCUT2D eigenvalue weighted by molar-refractivity contribution is -0.143. The zero-order valence-corrected chi connectivity index (χ0v) is 15.7. The zero-order chi connectivity index (χ0) is 18.9. The van der Waals surface area contributed by atoms with Crippen LogP contribution in [0.3, 0.4) is 0 Å². The molecule has 0 aliphatic carbocycles. The van der Waals surface area contributed by atoms with Gasteiger partial charge in [0.2, 0.25) is 5.91 Å². The SMILES string of the molecule is COc1ccc(NC(=O)CCC(=O)OCC(=O)c2ccc(Br)cc2)cc1. The van der Waals surface area contributed by atoms with Crippen LogP contribution in [-0.2, 0) is 14.3 Å². The van der Waals surface area contributed by atoms with Crippen LogP contribution in [0, 0.1) is 0 Å². The molecule has 2 aromatic rings. The Morgan fingerprint density at radius 3 is 2.23 bits per heavy atom. The van der Waals surface area contributed by atoms with Crippen molar-refractivity contribution in [2.75, 3.05) is 19.0 Å². The number of rotatable bonds is 8. The van der Waals surface area contributed by atoms with Crippen LogP contribution in [0.1, 0.15) is 23.2 Å². The van der Waals surface area contributed by atoms with Gasteiger partial charge >= 0.3 is 5.97 Å². The number of halogens is 1. The number of benzene rings is 2. The van der Waals surface area contributed by atoms with Crippen molar-refractivity contribution >= 4 is 39.3 Å². The quantitative estimate of drug-likeness (QED) is 0.521. The largest absolute Gasteiger partial charge is 0.497 e. The summed E-state index contributed by atoms with van der Waals surface area (Å²) in [5, 5.41) is 2.67. The monoisotopic (exact) mass is 419 g/mol. The molecular weight excluding hydrogens is 402 g/mol. The highest BCUT2D eigenvalue weighted by molar-refractivity contribution is 9.10. The van der Waals surface area contributed by atoms with E-state index in [1.54, 1.807) is 55.6 Å². The minimum atomic E-state index is -0.597. The summed E-state index contributed by atoms with van der Waals surface area (Å²) < 4.78 is 10.8. The van der Waals surface area contributed by atoms with Gasteiger partial charge in [-0.1, -0.05) is 28.1 Å². The molecule has 0 fully saturated rings. The normalized spacial score (nSPS) is 10.1. The lowest BCUT2D eigenvalue weighted by Gasteiger charge is -2.07. The lowest BCUT2D eigenvalue weighted by atomic mass is 10.1. The molecule has 136 valence electrons. The molecule has 1 N–H and O–H groups in total. The minimum Gasteiger partial charge on any atom is -0.497 e. The molecule has 0 spiro atoms. The summed E-state index contributed by atoms with van der Waals surface area (Å²) in [4.78, 5) is 35.4. The Balaban J connectivity index is 1.71. The molecule has 0 aliphatic rings. The van der Waals surface area contributed by atoms with E-state index < -0.39 is 5.97 Å². The van der Waals surface area contributed by atoms with Crippen molar-refractivity contribution in [1.82, 2.24) is 0 Å². The lowest BCUT2D eigenvalue weighted by Crippen LogP contribution is -2.17. The van der Waals surface area contributed by atoms with Crippen molar-refractivity contribution in [1.29, 1.82) is 0 Å². The van der Waals surface area contributed by atoms with Crippen LogP contribution in [0.2, 0.25) is 0 Å². The van der Waals surface area contributed by atoms with Crippen molar-refractivity contribution in [3.05, 3.63) is 58.6 Å². The van der Waals surface area contributed by atoms with Crippen molar-refractivity contribution < 1.29 is 23.9 Å². The topological polar surface area (TPSA) is 81.7 Å². The fraction of sp³-hybridized carbons (Fsp3) is 0.211. The Bertz CT molecular complexity index is 772. The number of ether oxygens (including phenoxy) is 2. The number of methoxy groups -OCH3 is 1. The first kappa shape index (κ1) is 19.7. The van der Waals surface area contributed by atoms with E-state index in [4.69, 9.17) is 9.47 Å². The van der Waals surface area contributed by atoms with Gasteiger partial charge in [0.1, 0.15) is 5.75 Å². The second-order valence-electron chi connectivity index (χ2n) is 5.37. The van der Waals surface area contributed by atoms with Gasteiger partial charge in [-0.15, -0.1) is 0 Å². The van der Waals surface area contributed by atoms with Crippen LogP contribution in [0.15, 0.2) is 53.0 Å². The summed E-state index contributed by atoms with van der Waals surface area (Å²) in [5.41, 5.74) is 1.06. The van der Waals surface area contributed by atoms with Crippen LogP contribution in [-0.4, -0.2) is 31.4 Å². The highest BCUT2D eigenvalue weighted by atomic mass is 79.9. The summed E-state index contributed by atoms with van der Waals surface area (Å²) in [7, 11) is 1.56. The Hall–Kier alpha value is -2.67. The van der Waals surface area contributed by atoms with E-state index in [0.29, 0.717) is 17.0 Å². The summed E-state index contributed by atoms with van der Waals surface area (Å²) >= 11 is 3.28. The van der Waals surface area contributed by atoms with Crippen molar-refractivity contribution in [2.24, 2.45) is 0 Å². The third kappa shape index (κ3) is 6.33. The Morgan fingerprint density at radius 1 is 0.962 bits per heavy atom. The minimum absolute atomic E-state index is 0.0304. The molecule has 0 radical (unpaired) electrons. The molecule has 2 aromatic carbocycles. The van der Waals surface area contributed by atoms with E-state index in [-0.39, 0.29) is 31.1 Å². The van der Waals surface area contributed by atoms with E-state index >= 15 is 0 Å². The maximum Gasteiger partial charge on any atom is 0.306 e. The highest BCUT2D eigenvalue weighted by Gasteiger charge is 2.12. The third-order valence-corrected chi connectivity index (χ3v) is 3.99. The van der Waals surface area contributed by atoms with Gasteiger partial charge < -0.3 is 14.8 Å². The molecule has 1 amide bonds.